The van der Waals surface area contributed by atoms with Crippen LogP contribution in [0.15, 0.2) is 47.4 Å². The molecule has 0 aliphatic carbocycles. The van der Waals surface area contributed by atoms with Gasteiger partial charge in [0.1, 0.15) is 0 Å². The zero-order chi connectivity index (χ0) is 19.1. The number of benzene rings is 2. The molecule has 1 heterocycles. The molecule has 7 heteroatoms. The molecule has 0 radical (unpaired) electrons. The summed E-state index contributed by atoms with van der Waals surface area (Å²) in [5, 5.41) is 5.72. The maximum Gasteiger partial charge on any atom is 0.234 e. The van der Waals surface area contributed by atoms with Crippen molar-refractivity contribution in [3.8, 4) is 11.5 Å². The predicted molar refractivity (Wildman–Crippen MR) is 107 cm³/mol. The molecule has 27 heavy (non-hydrogen) atoms. The number of fused-ring (bicyclic) bond motifs is 1. The van der Waals surface area contributed by atoms with Gasteiger partial charge in [-0.2, -0.15) is 0 Å². The van der Waals surface area contributed by atoms with Gasteiger partial charge in [0.05, 0.1) is 5.75 Å². The van der Waals surface area contributed by atoms with Crippen LogP contribution in [-0.4, -0.2) is 24.4 Å². The normalized spacial score (nSPS) is 11.9. The van der Waals surface area contributed by atoms with Gasteiger partial charge in [-0.15, -0.1) is 11.8 Å². The van der Waals surface area contributed by atoms with E-state index in [1.165, 1.54) is 11.8 Å². The highest BCUT2D eigenvalue weighted by Crippen LogP contribution is 2.34. The van der Waals surface area contributed by atoms with Gasteiger partial charge >= 0.3 is 0 Å². The highest BCUT2D eigenvalue weighted by atomic mass is 32.2. The molecular weight excluding hydrogens is 364 g/mol. The summed E-state index contributed by atoms with van der Waals surface area (Å²) in [4.78, 5) is 24.8. The van der Waals surface area contributed by atoms with Gasteiger partial charge in [0.15, 0.2) is 11.5 Å². The number of rotatable bonds is 8. The summed E-state index contributed by atoms with van der Waals surface area (Å²) in [6.45, 7) is 2.26. The Morgan fingerprint density at radius 2 is 1.67 bits per heavy atom. The molecule has 0 spiro atoms. The van der Waals surface area contributed by atoms with E-state index < -0.39 is 0 Å². The van der Waals surface area contributed by atoms with Crippen molar-refractivity contribution in [3.05, 3.63) is 42.5 Å². The van der Waals surface area contributed by atoms with E-state index in [4.69, 9.17) is 9.47 Å². The number of nitrogens with one attached hydrogen (secondary N) is 2. The van der Waals surface area contributed by atoms with E-state index in [1.54, 1.807) is 18.2 Å². The standard InChI is InChI=1S/C20H22N2O4S/c1-2-3-4-19(23)21-14-5-8-16(9-6-14)27-12-20(24)22-15-7-10-17-18(11-15)26-13-25-17/h5-11H,2-4,12-13H2,1H3,(H,21,23)(H,22,24). The molecule has 2 aromatic rings. The third-order valence-corrected chi connectivity index (χ3v) is 4.93. The lowest BCUT2D eigenvalue weighted by Crippen LogP contribution is -2.13. The molecule has 1 aliphatic rings. The summed E-state index contributed by atoms with van der Waals surface area (Å²) in [6, 6.07) is 12.8. The Bertz CT molecular complexity index is 808. The average Bonchev–Trinajstić information content (AvgIpc) is 3.13. The van der Waals surface area contributed by atoms with Crippen molar-refractivity contribution < 1.29 is 19.1 Å². The van der Waals surface area contributed by atoms with Crippen LogP contribution in [-0.2, 0) is 9.59 Å². The van der Waals surface area contributed by atoms with E-state index in [-0.39, 0.29) is 24.4 Å². The fourth-order valence-electron chi connectivity index (χ4n) is 2.52. The highest BCUT2D eigenvalue weighted by molar-refractivity contribution is 8.00. The molecule has 6 nitrogen and oxygen atoms in total. The van der Waals surface area contributed by atoms with Gasteiger partial charge in [-0.05, 0) is 42.8 Å². The fraction of sp³-hybridized carbons (Fsp3) is 0.300. The molecule has 0 unspecified atom stereocenters. The van der Waals surface area contributed by atoms with Crippen LogP contribution < -0.4 is 20.1 Å². The Labute approximate surface area is 162 Å². The molecule has 0 atom stereocenters. The minimum atomic E-state index is -0.101. The lowest BCUT2D eigenvalue weighted by molar-refractivity contribution is -0.116. The predicted octanol–water partition coefficient (Wildman–Crippen LogP) is 4.27. The third-order valence-electron chi connectivity index (χ3n) is 3.92. The molecule has 0 bridgehead atoms. The average molecular weight is 386 g/mol. The first kappa shape index (κ1) is 19.1. The van der Waals surface area contributed by atoms with Crippen molar-refractivity contribution in [3.63, 3.8) is 0 Å². The number of ether oxygens (including phenoxy) is 2. The lowest BCUT2D eigenvalue weighted by atomic mass is 10.2. The zero-order valence-corrected chi connectivity index (χ0v) is 15.9. The van der Waals surface area contributed by atoms with Crippen LogP contribution in [0.3, 0.4) is 0 Å². The molecule has 2 N–H and O–H groups in total. The van der Waals surface area contributed by atoms with Gasteiger partial charge in [0.2, 0.25) is 18.6 Å². The summed E-state index contributed by atoms with van der Waals surface area (Å²) >= 11 is 1.43. The van der Waals surface area contributed by atoms with Crippen LogP contribution in [0.2, 0.25) is 0 Å². The molecule has 0 aromatic heterocycles. The van der Waals surface area contributed by atoms with Gasteiger partial charge in [-0.25, -0.2) is 0 Å². The lowest BCUT2D eigenvalue weighted by Gasteiger charge is -2.07. The second-order valence-corrected chi connectivity index (χ2v) is 7.13. The van der Waals surface area contributed by atoms with Crippen LogP contribution in [0.5, 0.6) is 11.5 Å². The zero-order valence-electron chi connectivity index (χ0n) is 15.1. The molecule has 2 aromatic carbocycles. The minimum Gasteiger partial charge on any atom is -0.454 e. The smallest absolute Gasteiger partial charge is 0.234 e. The van der Waals surface area contributed by atoms with E-state index in [1.807, 2.05) is 24.3 Å². The Morgan fingerprint density at radius 3 is 2.44 bits per heavy atom. The maximum absolute atomic E-state index is 12.1. The Hall–Kier alpha value is -2.67. The van der Waals surface area contributed by atoms with Crippen molar-refractivity contribution in [2.75, 3.05) is 23.2 Å². The van der Waals surface area contributed by atoms with Crippen LogP contribution in [0.1, 0.15) is 26.2 Å². The van der Waals surface area contributed by atoms with Crippen LogP contribution in [0.4, 0.5) is 11.4 Å². The van der Waals surface area contributed by atoms with Gasteiger partial charge in [-0.3, -0.25) is 9.59 Å². The van der Waals surface area contributed by atoms with Gasteiger partial charge in [-0.1, -0.05) is 13.3 Å². The Balaban J connectivity index is 1.45. The van der Waals surface area contributed by atoms with Crippen LogP contribution in [0.25, 0.3) is 0 Å². The molecule has 142 valence electrons. The molecule has 3 rings (SSSR count). The number of unbranched alkanes of at least 4 members (excludes halogenated alkanes) is 1. The summed E-state index contributed by atoms with van der Waals surface area (Å²) in [6.07, 6.45) is 2.42. The minimum absolute atomic E-state index is 0.0281. The number of carbonyl (C=O) groups excluding carboxylic acids is 2. The summed E-state index contributed by atoms with van der Waals surface area (Å²) in [5.74, 6) is 1.54. The van der Waals surface area contributed by atoms with E-state index in [0.29, 0.717) is 23.6 Å². The van der Waals surface area contributed by atoms with E-state index >= 15 is 0 Å². The number of anilines is 2. The summed E-state index contributed by atoms with van der Waals surface area (Å²) in [5.41, 5.74) is 1.44. The molecule has 0 saturated heterocycles. The van der Waals surface area contributed by atoms with Crippen molar-refractivity contribution >= 4 is 35.0 Å². The summed E-state index contributed by atoms with van der Waals surface area (Å²) in [7, 11) is 0. The molecule has 2 amide bonds. The van der Waals surface area contributed by atoms with E-state index in [9.17, 15) is 9.59 Å². The largest absolute Gasteiger partial charge is 0.454 e. The third kappa shape index (κ3) is 5.65. The first-order valence-electron chi connectivity index (χ1n) is 8.86. The molecule has 0 saturated carbocycles. The van der Waals surface area contributed by atoms with Crippen molar-refractivity contribution in [2.24, 2.45) is 0 Å². The molecule has 1 aliphatic heterocycles. The van der Waals surface area contributed by atoms with Gasteiger partial charge < -0.3 is 20.1 Å². The first-order chi connectivity index (χ1) is 13.1. The van der Waals surface area contributed by atoms with Gasteiger partial charge in [0.25, 0.3) is 0 Å². The summed E-state index contributed by atoms with van der Waals surface area (Å²) < 4.78 is 10.6. The Kier molecular flexibility index (Phi) is 6.59. The van der Waals surface area contributed by atoms with Crippen molar-refractivity contribution in [1.82, 2.24) is 0 Å². The SMILES string of the molecule is CCCCC(=O)Nc1ccc(SCC(=O)Nc2ccc3c(c2)OCO3)cc1. The second kappa shape index (κ2) is 9.32. The quantitative estimate of drug-likeness (QED) is 0.663. The van der Waals surface area contributed by atoms with Crippen LogP contribution in [0, 0.1) is 0 Å². The second-order valence-electron chi connectivity index (χ2n) is 6.08. The topological polar surface area (TPSA) is 76.7 Å². The number of amides is 2. The van der Waals surface area contributed by atoms with E-state index in [0.717, 1.165) is 23.4 Å². The van der Waals surface area contributed by atoms with Crippen molar-refractivity contribution in [1.29, 1.82) is 0 Å². The molecular formula is C20H22N2O4S. The number of hydrogen-bond acceptors (Lipinski definition) is 5. The monoisotopic (exact) mass is 386 g/mol. The molecule has 0 fully saturated rings. The first-order valence-corrected chi connectivity index (χ1v) is 9.85. The maximum atomic E-state index is 12.1. The number of carbonyl (C=O) groups is 2. The fourth-order valence-corrected chi connectivity index (χ4v) is 3.21. The van der Waals surface area contributed by atoms with Crippen LogP contribution >= 0.6 is 11.8 Å². The highest BCUT2D eigenvalue weighted by Gasteiger charge is 2.14. The van der Waals surface area contributed by atoms with E-state index in [2.05, 4.69) is 17.6 Å². The van der Waals surface area contributed by atoms with Gasteiger partial charge in [0, 0.05) is 28.8 Å². The number of thioether (sulfide) groups is 1. The van der Waals surface area contributed by atoms with Crippen molar-refractivity contribution in [2.45, 2.75) is 31.1 Å². The number of hydrogen-bond donors (Lipinski definition) is 2. The Morgan fingerprint density at radius 1 is 0.963 bits per heavy atom.